The second-order valence-corrected chi connectivity index (χ2v) is 9.47. The van der Waals surface area contributed by atoms with Crippen molar-refractivity contribution in [2.24, 2.45) is 0 Å². The van der Waals surface area contributed by atoms with Crippen LogP contribution in [0.4, 0.5) is 0 Å². The van der Waals surface area contributed by atoms with Gasteiger partial charge in [0.1, 0.15) is 0 Å². The molecule has 0 saturated heterocycles. The van der Waals surface area contributed by atoms with Gasteiger partial charge in [-0.05, 0) is 47.7 Å². The van der Waals surface area contributed by atoms with Gasteiger partial charge >= 0.3 is 0 Å². The molecule has 3 aromatic rings. The lowest BCUT2D eigenvalue weighted by atomic mass is 9.88. The van der Waals surface area contributed by atoms with E-state index in [2.05, 4.69) is 24.3 Å². The molecule has 0 spiro atoms. The van der Waals surface area contributed by atoms with Crippen molar-refractivity contribution in [3.63, 3.8) is 0 Å². The van der Waals surface area contributed by atoms with E-state index in [-0.39, 0.29) is 16.8 Å². The first-order chi connectivity index (χ1) is 13.9. The monoisotopic (exact) mass is 405 g/mol. The molecule has 0 aliphatic carbocycles. The van der Waals surface area contributed by atoms with E-state index < -0.39 is 9.84 Å². The lowest BCUT2D eigenvalue weighted by Crippen LogP contribution is -2.41. The number of carbonyl (C=O) groups excluding carboxylic acids is 1. The van der Waals surface area contributed by atoms with Gasteiger partial charge in [-0.25, -0.2) is 8.42 Å². The van der Waals surface area contributed by atoms with Crippen LogP contribution in [0.5, 0.6) is 0 Å². The molecule has 4 rings (SSSR count). The molecule has 1 aliphatic rings. The molecule has 3 aromatic carbocycles. The molecular weight excluding hydrogens is 382 g/mol. The minimum absolute atomic E-state index is 0.0864. The van der Waals surface area contributed by atoms with Gasteiger partial charge in [0.2, 0.25) is 0 Å². The SMILES string of the molecule is CS(=O)(=O)c1cccc(C(=O)N2CCc3ccccc3[C@H]2Cc2ccccc2)c1. The van der Waals surface area contributed by atoms with E-state index >= 15 is 0 Å². The molecule has 0 N–H and O–H groups in total. The van der Waals surface area contributed by atoms with Crippen molar-refractivity contribution in [3.8, 4) is 0 Å². The third-order valence-corrected chi connectivity index (χ3v) is 6.56. The Morgan fingerprint density at radius 1 is 0.966 bits per heavy atom. The van der Waals surface area contributed by atoms with Crippen molar-refractivity contribution in [2.45, 2.75) is 23.8 Å². The standard InChI is InChI=1S/C24H23NO3S/c1-29(27,28)21-12-7-11-20(17-21)24(26)25-15-14-19-10-5-6-13-22(19)23(25)16-18-8-3-2-4-9-18/h2-13,17,23H,14-16H2,1H3/t23-/m1/s1. The van der Waals surface area contributed by atoms with Crippen LogP contribution in [0.15, 0.2) is 83.8 Å². The van der Waals surface area contributed by atoms with Crippen molar-refractivity contribution >= 4 is 15.7 Å². The van der Waals surface area contributed by atoms with E-state index in [1.807, 2.05) is 35.2 Å². The molecule has 0 bridgehead atoms. The summed E-state index contributed by atoms with van der Waals surface area (Å²) in [5.74, 6) is -0.133. The maximum Gasteiger partial charge on any atom is 0.254 e. The van der Waals surface area contributed by atoms with E-state index in [9.17, 15) is 13.2 Å². The fourth-order valence-corrected chi connectivity index (χ4v) is 4.64. The van der Waals surface area contributed by atoms with Gasteiger partial charge < -0.3 is 4.90 Å². The van der Waals surface area contributed by atoms with E-state index in [1.54, 1.807) is 12.1 Å². The molecule has 1 amide bonds. The molecule has 0 fully saturated rings. The number of nitrogens with zero attached hydrogens (tertiary/aromatic N) is 1. The zero-order valence-corrected chi connectivity index (χ0v) is 17.1. The molecule has 29 heavy (non-hydrogen) atoms. The number of sulfone groups is 1. The first-order valence-electron chi connectivity index (χ1n) is 9.66. The Balaban J connectivity index is 1.72. The van der Waals surface area contributed by atoms with Crippen LogP contribution in [0.1, 0.15) is 33.1 Å². The van der Waals surface area contributed by atoms with E-state index in [0.29, 0.717) is 12.1 Å². The zero-order valence-electron chi connectivity index (χ0n) is 16.3. The lowest BCUT2D eigenvalue weighted by Gasteiger charge is -2.38. The van der Waals surface area contributed by atoms with E-state index in [1.165, 1.54) is 17.7 Å². The van der Waals surface area contributed by atoms with Crippen LogP contribution in [-0.2, 0) is 22.7 Å². The normalized spacial score (nSPS) is 16.3. The predicted octanol–water partition coefficient (Wildman–Crippen LogP) is 4.07. The van der Waals surface area contributed by atoms with Crippen LogP contribution in [-0.4, -0.2) is 32.0 Å². The number of hydrogen-bond acceptors (Lipinski definition) is 3. The molecule has 4 nitrogen and oxygen atoms in total. The summed E-state index contributed by atoms with van der Waals surface area (Å²) in [5, 5.41) is 0. The molecule has 0 unspecified atom stereocenters. The van der Waals surface area contributed by atoms with Gasteiger partial charge in [-0.3, -0.25) is 4.79 Å². The summed E-state index contributed by atoms with van der Waals surface area (Å²) in [6, 6.07) is 24.7. The first-order valence-corrected chi connectivity index (χ1v) is 11.6. The summed E-state index contributed by atoms with van der Waals surface area (Å²) in [6.07, 6.45) is 2.67. The number of benzene rings is 3. The molecule has 148 valence electrons. The van der Waals surface area contributed by atoms with Gasteiger partial charge in [-0.2, -0.15) is 0 Å². The van der Waals surface area contributed by atoms with Gasteiger partial charge in [-0.1, -0.05) is 60.7 Å². The third-order valence-electron chi connectivity index (χ3n) is 5.45. The molecule has 5 heteroatoms. The molecule has 0 aromatic heterocycles. The Kier molecular flexibility index (Phi) is 5.24. The Morgan fingerprint density at radius 2 is 1.69 bits per heavy atom. The predicted molar refractivity (Wildman–Crippen MR) is 114 cm³/mol. The second kappa shape index (κ2) is 7.84. The topological polar surface area (TPSA) is 54.5 Å². The number of hydrogen-bond donors (Lipinski definition) is 0. The van der Waals surface area contributed by atoms with Crippen LogP contribution in [0.25, 0.3) is 0 Å². The van der Waals surface area contributed by atoms with Crippen LogP contribution in [0.2, 0.25) is 0 Å². The Morgan fingerprint density at radius 3 is 2.45 bits per heavy atom. The molecule has 1 heterocycles. The van der Waals surface area contributed by atoms with E-state index in [4.69, 9.17) is 0 Å². The number of amides is 1. The van der Waals surface area contributed by atoms with Crippen LogP contribution in [0.3, 0.4) is 0 Å². The second-order valence-electron chi connectivity index (χ2n) is 7.45. The minimum atomic E-state index is -3.37. The largest absolute Gasteiger partial charge is 0.331 e. The average Bonchev–Trinajstić information content (AvgIpc) is 2.74. The van der Waals surface area contributed by atoms with Crippen molar-refractivity contribution in [2.75, 3.05) is 12.8 Å². The number of carbonyl (C=O) groups is 1. The molecule has 0 radical (unpaired) electrons. The van der Waals surface area contributed by atoms with Crippen molar-refractivity contribution in [3.05, 3.63) is 101 Å². The highest BCUT2D eigenvalue weighted by Gasteiger charge is 2.31. The quantitative estimate of drug-likeness (QED) is 0.657. The van der Waals surface area contributed by atoms with Gasteiger partial charge in [0.15, 0.2) is 9.84 Å². The van der Waals surface area contributed by atoms with Gasteiger partial charge in [0.25, 0.3) is 5.91 Å². The summed E-state index contributed by atoms with van der Waals surface area (Å²) in [6.45, 7) is 0.608. The van der Waals surface area contributed by atoms with Crippen LogP contribution < -0.4 is 0 Å². The highest BCUT2D eigenvalue weighted by molar-refractivity contribution is 7.90. The Labute approximate surface area is 171 Å². The maximum absolute atomic E-state index is 13.4. The average molecular weight is 406 g/mol. The minimum Gasteiger partial charge on any atom is -0.331 e. The van der Waals surface area contributed by atoms with Gasteiger partial charge in [0.05, 0.1) is 10.9 Å². The molecular formula is C24H23NO3S. The van der Waals surface area contributed by atoms with Gasteiger partial charge in [-0.15, -0.1) is 0 Å². The summed E-state index contributed by atoms with van der Waals surface area (Å²) in [5.41, 5.74) is 4.00. The third kappa shape index (κ3) is 4.10. The van der Waals surface area contributed by atoms with Gasteiger partial charge in [0, 0.05) is 18.4 Å². The first kappa shape index (κ1) is 19.4. The zero-order chi connectivity index (χ0) is 20.4. The summed E-state index contributed by atoms with van der Waals surface area (Å²) >= 11 is 0. The van der Waals surface area contributed by atoms with Crippen molar-refractivity contribution in [1.82, 2.24) is 4.90 Å². The lowest BCUT2D eigenvalue weighted by molar-refractivity contribution is 0.0659. The maximum atomic E-state index is 13.4. The molecule has 1 aliphatic heterocycles. The summed E-state index contributed by atoms with van der Waals surface area (Å²) in [7, 11) is -3.37. The smallest absolute Gasteiger partial charge is 0.254 e. The molecule has 0 saturated carbocycles. The fraction of sp³-hybridized carbons (Fsp3) is 0.208. The van der Waals surface area contributed by atoms with Crippen LogP contribution >= 0.6 is 0 Å². The summed E-state index contributed by atoms with van der Waals surface area (Å²) < 4.78 is 23.9. The number of fused-ring (bicyclic) bond motifs is 1. The van der Waals surface area contributed by atoms with Crippen LogP contribution in [0, 0.1) is 0 Å². The van der Waals surface area contributed by atoms with E-state index in [0.717, 1.165) is 30.2 Å². The van der Waals surface area contributed by atoms with Crippen molar-refractivity contribution < 1.29 is 13.2 Å². The number of rotatable bonds is 4. The summed E-state index contributed by atoms with van der Waals surface area (Å²) in [4.78, 5) is 15.5. The van der Waals surface area contributed by atoms with Crippen molar-refractivity contribution in [1.29, 1.82) is 0 Å². The Bertz CT molecular complexity index is 1140. The molecule has 1 atom stereocenters. The fourth-order valence-electron chi connectivity index (χ4n) is 3.98. The highest BCUT2D eigenvalue weighted by Crippen LogP contribution is 2.33. The highest BCUT2D eigenvalue weighted by atomic mass is 32.2. The Hall–Kier alpha value is -2.92.